The van der Waals surface area contributed by atoms with Gasteiger partial charge in [-0.2, -0.15) is 0 Å². The molecule has 2 aliphatic rings. The predicted octanol–water partition coefficient (Wildman–Crippen LogP) is 3.32. The van der Waals surface area contributed by atoms with Crippen LogP contribution >= 0.6 is 0 Å². The van der Waals surface area contributed by atoms with Crippen molar-refractivity contribution >= 4 is 35.0 Å². The van der Waals surface area contributed by atoms with Gasteiger partial charge in [-0.25, -0.2) is 4.79 Å². The molecule has 2 aromatic carbocycles. The number of nitrogens with zero attached hydrogens (tertiary/aromatic N) is 1. The van der Waals surface area contributed by atoms with Crippen molar-refractivity contribution in [2.45, 2.75) is 25.9 Å². The molecule has 0 spiro atoms. The number of nitrogens with one attached hydrogen (secondary N) is 2. The first-order chi connectivity index (χ1) is 14.5. The Morgan fingerprint density at radius 1 is 1.10 bits per heavy atom. The molecule has 2 N–H and O–H groups in total. The van der Waals surface area contributed by atoms with E-state index >= 15 is 0 Å². The van der Waals surface area contributed by atoms with Crippen molar-refractivity contribution in [1.29, 1.82) is 0 Å². The van der Waals surface area contributed by atoms with E-state index in [9.17, 15) is 14.4 Å². The van der Waals surface area contributed by atoms with Crippen LogP contribution in [0.15, 0.2) is 42.5 Å². The van der Waals surface area contributed by atoms with Gasteiger partial charge >= 0.3 is 6.09 Å². The van der Waals surface area contributed by atoms with Gasteiger partial charge in [0.25, 0.3) is 11.8 Å². The molecule has 30 heavy (non-hydrogen) atoms. The first-order valence-corrected chi connectivity index (χ1v) is 9.90. The first-order valence-electron chi connectivity index (χ1n) is 9.90. The molecule has 4 rings (SSSR count). The Bertz CT molecular complexity index is 984. The summed E-state index contributed by atoms with van der Waals surface area (Å²) < 4.78 is 10.4. The highest BCUT2D eigenvalue weighted by molar-refractivity contribution is 6.06. The van der Waals surface area contributed by atoms with Crippen molar-refractivity contribution in [3.63, 3.8) is 0 Å². The first kappa shape index (κ1) is 19.9. The van der Waals surface area contributed by atoms with Gasteiger partial charge < -0.3 is 20.1 Å². The average Bonchev–Trinajstić information content (AvgIpc) is 3.41. The minimum Gasteiger partial charge on any atom is -0.447 e. The minimum absolute atomic E-state index is 0.196. The van der Waals surface area contributed by atoms with Crippen LogP contribution in [-0.2, 0) is 14.3 Å². The fraction of sp³-hybridized carbons (Fsp3) is 0.318. The highest BCUT2D eigenvalue weighted by Gasteiger charge is 2.25. The van der Waals surface area contributed by atoms with Gasteiger partial charge in [-0.05, 0) is 55.7 Å². The second kappa shape index (κ2) is 8.54. The van der Waals surface area contributed by atoms with Gasteiger partial charge in [-0.15, -0.1) is 0 Å². The summed E-state index contributed by atoms with van der Waals surface area (Å²) in [5.74, 6) is -0.512. The normalized spacial score (nSPS) is 18.2. The maximum absolute atomic E-state index is 12.8. The predicted molar refractivity (Wildman–Crippen MR) is 112 cm³/mol. The monoisotopic (exact) mass is 409 g/mol. The largest absolute Gasteiger partial charge is 0.447 e. The molecule has 0 aliphatic carbocycles. The summed E-state index contributed by atoms with van der Waals surface area (Å²) in [6, 6.07) is 12.2. The van der Waals surface area contributed by atoms with E-state index < -0.39 is 12.2 Å². The molecule has 2 fully saturated rings. The average molecular weight is 409 g/mol. The van der Waals surface area contributed by atoms with Crippen molar-refractivity contribution in [2.75, 3.05) is 35.3 Å². The Kier molecular flexibility index (Phi) is 5.67. The van der Waals surface area contributed by atoms with Crippen LogP contribution in [-0.4, -0.2) is 43.8 Å². The second-order valence-electron chi connectivity index (χ2n) is 7.29. The highest BCUT2D eigenvalue weighted by atomic mass is 16.6. The maximum atomic E-state index is 12.8. The van der Waals surface area contributed by atoms with Crippen LogP contribution in [0.4, 0.5) is 21.9 Å². The lowest BCUT2D eigenvalue weighted by Crippen LogP contribution is -2.27. The van der Waals surface area contributed by atoms with Crippen LogP contribution < -0.4 is 15.5 Å². The lowest BCUT2D eigenvalue weighted by atomic mass is 10.1. The molecule has 2 saturated heterocycles. The van der Waals surface area contributed by atoms with Crippen LogP contribution in [0.25, 0.3) is 0 Å². The van der Waals surface area contributed by atoms with E-state index in [0.29, 0.717) is 48.8 Å². The Balaban J connectivity index is 1.47. The molecule has 0 aromatic heterocycles. The summed E-state index contributed by atoms with van der Waals surface area (Å²) in [5.41, 5.74) is 3.06. The van der Waals surface area contributed by atoms with Gasteiger partial charge in [0.15, 0.2) is 0 Å². The van der Waals surface area contributed by atoms with Crippen molar-refractivity contribution < 1.29 is 23.9 Å². The number of hydrogen-bond donors (Lipinski definition) is 2. The Morgan fingerprint density at radius 2 is 1.97 bits per heavy atom. The lowest BCUT2D eigenvalue weighted by molar-refractivity contribution is -0.124. The van der Waals surface area contributed by atoms with Crippen LogP contribution in [0.2, 0.25) is 0 Å². The third-order valence-corrected chi connectivity index (χ3v) is 5.16. The van der Waals surface area contributed by atoms with E-state index in [2.05, 4.69) is 10.6 Å². The number of rotatable bonds is 5. The summed E-state index contributed by atoms with van der Waals surface area (Å²) in [6.07, 6.45) is 0.727. The Labute approximate surface area is 174 Å². The SMILES string of the molecule is Cc1ccc(C(=O)Nc2cccc(N3CCOC3=O)c2)cc1NC(=O)C1CCCO1. The number of benzene rings is 2. The number of amides is 3. The summed E-state index contributed by atoms with van der Waals surface area (Å²) in [4.78, 5) is 38.4. The van der Waals surface area contributed by atoms with Gasteiger partial charge in [-0.1, -0.05) is 12.1 Å². The zero-order valence-corrected chi connectivity index (χ0v) is 16.6. The Morgan fingerprint density at radius 3 is 2.70 bits per heavy atom. The van der Waals surface area contributed by atoms with Gasteiger partial charge in [0, 0.05) is 29.2 Å². The van der Waals surface area contributed by atoms with Gasteiger partial charge in [0.2, 0.25) is 0 Å². The van der Waals surface area contributed by atoms with E-state index in [1.807, 2.05) is 6.92 Å². The van der Waals surface area contributed by atoms with Gasteiger partial charge in [0.05, 0.1) is 6.54 Å². The van der Waals surface area contributed by atoms with E-state index in [0.717, 1.165) is 12.0 Å². The molecule has 1 atom stereocenters. The highest BCUT2D eigenvalue weighted by Crippen LogP contribution is 2.24. The molecule has 1 unspecified atom stereocenters. The van der Waals surface area contributed by atoms with Crippen LogP contribution in [0.1, 0.15) is 28.8 Å². The molecule has 3 amide bonds. The van der Waals surface area contributed by atoms with E-state index in [1.54, 1.807) is 42.5 Å². The van der Waals surface area contributed by atoms with Crippen molar-refractivity contribution in [3.05, 3.63) is 53.6 Å². The molecule has 156 valence electrons. The summed E-state index contributed by atoms with van der Waals surface area (Å²) in [6.45, 7) is 3.28. The molecule has 2 heterocycles. The third-order valence-electron chi connectivity index (χ3n) is 5.16. The third kappa shape index (κ3) is 4.28. The van der Waals surface area contributed by atoms with Gasteiger partial charge in [0.1, 0.15) is 12.7 Å². The van der Waals surface area contributed by atoms with E-state index in [-0.39, 0.29) is 11.8 Å². The molecular formula is C22H23N3O5. The zero-order chi connectivity index (χ0) is 21.1. The van der Waals surface area contributed by atoms with Crippen molar-refractivity contribution in [2.24, 2.45) is 0 Å². The molecule has 0 saturated carbocycles. The van der Waals surface area contributed by atoms with Crippen molar-refractivity contribution in [1.82, 2.24) is 0 Å². The Hall–Kier alpha value is -3.39. The second-order valence-corrected chi connectivity index (χ2v) is 7.29. The number of hydrogen-bond acceptors (Lipinski definition) is 5. The summed E-state index contributed by atoms with van der Waals surface area (Å²) in [7, 11) is 0. The number of cyclic esters (lactones) is 1. The minimum atomic E-state index is -0.443. The number of carbonyl (C=O) groups is 3. The summed E-state index contributed by atoms with van der Waals surface area (Å²) >= 11 is 0. The topological polar surface area (TPSA) is 97.0 Å². The number of carbonyl (C=O) groups excluding carboxylic acids is 3. The molecule has 0 radical (unpaired) electrons. The summed E-state index contributed by atoms with van der Waals surface area (Å²) in [5, 5.41) is 5.70. The number of ether oxygens (including phenoxy) is 2. The fourth-order valence-corrected chi connectivity index (χ4v) is 3.48. The number of aryl methyl sites for hydroxylation is 1. The standard InChI is InChI=1S/C22H23N3O5/c1-14-7-8-15(12-18(14)24-21(27)19-6-3-10-29-19)20(26)23-16-4-2-5-17(13-16)25-9-11-30-22(25)28/h2,4-5,7-8,12-13,19H,3,6,9-11H2,1H3,(H,23,26)(H,24,27). The van der Waals surface area contributed by atoms with Crippen molar-refractivity contribution in [3.8, 4) is 0 Å². The zero-order valence-electron chi connectivity index (χ0n) is 16.6. The molecule has 8 nitrogen and oxygen atoms in total. The maximum Gasteiger partial charge on any atom is 0.414 e. The van der Waals surface area contributed by atoms with E-state index in [1.165, 1.54) is 4.90 Å². The number of anilines is 3. The van der Waals surface area contributed by atoms with Gasteiger partial charge in [-0.3, -0.25) is 14.5 Å². The molecule has 8 heteroatoms. The quantitative estimate of drug-likeness (QED) is 0.790. The molecule has 2 aliphatic heterocycles. The van der Waals surface area contributed by atoms with Crippen LogP contribution in [0.5, 0.6) is 0 Å². The molecule has 0 bridgehead atoms. The lowest BCUT2D eigenvalue weighted by Gasteiger charge is -2.15. The molecule has 2 aromatic rings. The smallest absolute Gasteiger partial charge is 0.414 e. The fourth-order valence-electron chi connectivity index (χ4n) is 3.48. The molecular weight excluding hydrogens is 386 g/mol. The van der Waals surface area contributed by atoms with E-state index in [4.69, 9.17) is 9.47 Å². The van der Waals surface area contributed by atoms with Crippen LogP contribution in [0, 0.1) is 6.92 Å². The van der Waals surface area contributed by atoms with Crippen LogP contribution in [0.3, 0.4) is 0 Å².